The lowest BCUT2D eigenvalue weighted by Crippen LogP contribution is -2.44. The molecule has 1 unspecified atom stereocenters. The van der Waals surface area contributed by atoms with E-state index in [0.717, 1.165) is 18.2 Å². The first-order chi connectivity index (χ1) is 14.1. The van der Waals surface area contributed by atoms with E-state index in [9.17, 15) is 26.0 Å². The number of carbonyl (C=O) groups excluding carboxylic acids is 1. The van der Waals surface area contributed by atoms with Crippen molar-refractivity contribution in [2.75, 3.05) is 18.8 Å². The maximum Gasteiger partial charge on any atom is 0.241 e. The summed E-state index contributed by atoms with van der Waals surface area (Å²) in [6.45, 7) is -0.197. The van der Waals surface area contributed by atoms with Crippen molar-refractivity contribution in [1.29, 1.82) is 0 Å². The van der Waals surface area contributed by atoms with Crippen molar-refractivity contribution in [1.82, 2.24) is 9.62 Å². The third-order valence-corrected chi connectivity index (χ3v) is 8.33. The highest BCUT2D eigenvalue weighted by atomic mass is 35.5. The maximum atomic E-state index is 13.2. The van der Waals surface area contributed by atoms with Gasteiger partial charge in [0.2, 0.25) is 15.9 Å². The van der Waals surface area contributed by atoms with Gasteiger partial charge in [0.1, 0.15) is 5.82 Å². The summed E-state index contributed by atoms with van der Waals surface area (Å²) in [5.74, 6) is -1.52. The van der Waals surface area contributed by atoms with E-state index in [1.165, 1.54) is 17.0 Å². The first kappa shape index (κ1) is 22.7. The molecule has 2 aromatic rings. The number of hydrogen-bond acceptors (Lipinski definition) is 5. The Morgan fingerprint density at radius 3 is 2.47 bits per heavy atom. The van der Waals surface area contributed by atoms with E-state index in [0.29, 0.717) is 19.4 Å². The fourth-order valence-corrected chi connectivity index (χ4v) is 6.16. The van der Waals surface area contributed by atoms with Gasteiger partial charge in [0, 0.05) is 12.6 Å². The fraction of sp³-hybridized carbons (Fsp3) is 0.316. The lowest BCUT2D eigenvalue weighted by Gasteiger charge is -2.25. The minimum Gasteiger partial charge on any atom is -0.338 e. The van der Waals surface area contributed by atoms with Crippen LogP contribution in [0, 0.1) is 5.82 Å². The second-order valence-electron chi connectivity index (χ2n) is 6.88. The van der Waals surface area contributed by atoms with Crippen LogP contribution in [0.2, 0.25) is 5.02 Å². The molecule has 0 bridgehead atoms. The number of sulfone groups is 1. The SMILES string of the molecule is O=C(CNS(=O)(=O)c1ccc(F)c(Cl)c1)N1CCCC1CS(=O)(=O)c1ccccc1. The third-order valence-electron chi connectivity index (χ3n) is 4.83. The number of rotatable bonds is 7. The Hall–Kier alpha value is -2.01. The average molecular weight is 475 g/mol. The monoisotopic (exact) mass is 474 g/mol. The van der Waals surface area contributed by atoms with E-state index in [1.807, 2.05) is 0 Å². The van der Waals surface area contributed by atoms with Gasteiger partial charge in [0.15, 0.2) is 9.84 Å². The molecular formula is C19H20ClFN2O5S2. The molecule has 1 N–H and O–H groups in total. The number of nitrogens with one attached hydrogen (secondary N) is 1. The van der Waals surface area contributed by atoms with Gasteiger partial charge in [0.05, 0.1) is 27.1 Å². The zero-order valence-corrected chi connectivity index (χ0v) is 18.2. The molecule has 11 heteroatoms. The van der Waals surface area contributed by atoms with Crippen LogP contribution in [-0.2, 0) is 24.7 Å². The van der Waals surface area contributed by atoms with Gasteiger partial charge in [-0.2, -0.15) is 0 Å². The van der Waals surface area contributed by atoms with Crippen molar-refractivity contribution >= 4 is 37.4 Å². The van der Waals surface area contributed by atoms with Crippen LogP contribution < -0.4 is 4.72 Å². The van der Waals surface area contributed by atoms with Crippen LogP contribution in [0.4, 0.5) is 4.39 Å². The molecule has 1 aliphatic rings. The van der Waals surface area contributed by atoms with Gasteiger partial charge >= 0.3 is 0 Å². The molecule has 1 amide bonds. The summed E-state index contributed by atoms with van der Waals surface area (Å²) >= 11 is 5.62. The molecule has 1 heterocycles. The van der Waals surface area contributed by atoms with Crippen LogP contribution in [0.3, 0.4) is 0 Å². The molecular weight excluding hydrogens is 455 g/mol. The molecule has 1 fully saturated rings. The molecule has 0 spiro atoms. The van der Waals surface area contributed by atoms with Crippen LogP contribution in [0.1, 0.15) is 12.8 Å². The quantitative estimate of drug-likeness (QED) is 0.663. The van der Waals surface area contributed by atoms with Crippen LogP contribution in [0.5, 0.6) is 0 Å². The number of amides is 1. The zero-order valence-electron chi connectivity index (χ0n) is 15.8. The highest BCUT2D eigenvalue weighted by molar-refractivity contribution is 7.91. The van der Waals surface area contributed by atoms with Crippen LogP contribution in [0.15, 0.2) is 58.3 Å². The molecule has 2 aromatic carbocycles. The van der Waals surface area contributed by atoms with Gasteiger partial charge in [-0.3, -0.25) is 4.79 Å². The van der Waals surface area contributed by atoms with Gasteiger partial charge in [-0.15, -0.1) is 0 Å². The molecule has 0 aromatic heterocycles. The molecule has 1 atom stereocenters. The lowest BCUT2D eigenvalue weighted by atomic mass is 10.2. The summed E-state index contributed by atoms with van der Waals surface area (Å²) in [5, 5.41) is -0.352. The Bertz CT molecular complexity index is 1140. The smallest absolute Gasteiger partial charge is 0.241 e. The minimum atomic E-state index is -4.09. The van der Waals surface area contributed by atoms with E-state index in [-0.39, 0.29) is 20.6 Å². The molecule has 0 radical (unpaired) electrons. The van der Waals surface area contributed by atoms with Crippen molar-refractivity contribution in [2.24, 2.45) is 0 Å². The number of benzene rings is 2. The van der Waals surface area contributed by atoms with Crippen molar-refractivity contribution in [2.45, 2.75) is 28.7 Å². The molecule has 30 heavy (non-hydrogen) atoms. The molecule has 1 aliphatic heterocycles. The Balaban J connectivity index is 1.66. The number of sulfonamides is 1. The Morgan fingerprint density at radius 1 is 1.10 bits per heavy atom. The van der Waals surface area contributed by atoms with E-state index in [1.54, 1.807) is 18.2 Å². The van der Waals surface area contributed by atoms with E-state index in [4.69, 9.17) is 11.6 Å². The standard InChI is InChI=1S/C19H20ClFN2O5S2/c20-17-11-16(8-9-18(17)21)30(27,28)22-12-19(24)23-10-4-5-14(23)13-29(25,26)15-6-2-1-3-7-15/h1-3,6-9,11,14,22H,4-5,10,12-13H2. The number of nitrogens with zero attached hydrogens (tertiary/aromatic N) is 1. The van der Waals surface area contributed by atoms with Gasteiger partial charge in [-0.25, -0.2) is 25.9 Å². The predicted molar refractivity (Wildman–Crippen MR) is 110 cm³/mol. The summed E-state index contributed by atoms with van der Waals surface area (Å²) in [4.78, 5) is 13.9. The van der Waals surface area contributed by atoms with E-state index >= 15 is 0 Å². The summed E-state index contributed by atoms with van der Waals surface area (Å²) in [5.41, 5.74) is 0. The normalized spacial score (nSPS) is 17.3. The first-order valence-corrected chi connectivity index (χ1v) is 12.6. The summed E-state index contributed by atoms with van der Waals surface area (Å²) in [7, 11) is -7.67. The number of hydrogen-bond donors (Lipinski definition) is 1. The highest BCUT2D eigenvalue weighted by Crippen LogP contribution is 2.23. The van der Waals surface area contributed by atoms with Gasteiger partial charge in [0.25, 0.3) is 0 Å². The van der Waals surface area contributed by atoms with E-state index < -0.39 is 44.2 Å². The van der Waals surface area contributed by atoms with Crippen LogP contribution in [-0.4, -0.2) is 52.5 Å². The second kappa shape index (κ2) is 9.01. The fourth-order valence-electron chi connectivity index (χ4n) is 3.30. The number of halogens is 2. The molecule has 0 saturated carbocycles. The van der Waals surface area contributed by atoms with Gasteiger partial charge in [-0.1, -0.05) is 29.8 Å². The lowest BCUT2D eigenvalue weighted by molar-refractivity contribution is -0.130. The largest absolute Gasteiger partial charge is 0.338 e. The Kier molecular flexibility index (Phi) is 6.81. The molecule has 162 valence electrons. The van der Waals surface area contributed by atoms with Gasteiger partial charge in [-0.05, 0) is 43.2 Å². The highest BCUT2D eigenvalue weighted by Gasteiger charge is 2.33. The van der Waals surface area contributed by atoms with Gasteiger partial charge < -0.3 is 4.90 Å². The molecule has 1 saturated heterocycles. The summed E-state index contributed by atoms with van der Waals surface area (Å²) in [6.07, 6.45) is 1.14. The first-order valence-electron chi connectivity index (χ1n) is 9.12. The van der Waals surface area contributed by atoms with E-state index in [2.05, 4.69) is 4.72 Å². The number of carbonyl (C=O) groups is 1. The van der Waals surface area contributed by atoms with Crippen LogP contribution >= 0.6 is 11.6 Å². The second-order valence-corrected chi connectivity index (χ2v) is 11.1. The topological polar surface area (TPSA) is 101 Å². The third kappa shape index (κ3) is 5.18. The predicted octanol–water partition coefficient (Wildman–Crippen LogP) is 2.22. The minimum absolute atomic E-state index is 0.179. The number of likely N-dealkylation sites (tertiary alicyclic amines) is 1. The van der Waals surface area contributed by atoms with Crippen molar-refractivity contribution in [3.63, 3.8) is 0 Å². The summed E-state index contributed by atoms with van der Waals surface area (Å²) in [6, 6.07) is 10.3. The van der Waals surface area contributed by atoms with Crippen LogP contribution in [0.25, 0.3) is 0 Å². The Labute approximate surface area is 179 Å². The molecule has 7 nitrogen and oxygen atoms in total. The zero-order chi connectivity index (χ0) is 21.9. The molecule has 0 aliphatic carbocycles. The van der Waals surface area contributed by atoms with Crippen molar-refractivity contribution in [3.8, 4) is 0 Å². The molecule has 3 rings (SSSR count). The Morgan fingerprint density at radius 2 is 1.80 bits per heavy atom. The maximum absolute atomic E-state index is 13.2. The van der Waals surface area contributed by atoms with Crippen molar-refractivity contribution in [3.05, 3.63) is 59.4 Å². The summed E-state index contributed by atoms with van der Waals surface area (Å²) < 4.78 is 65.4. The average Bonchev–Trinajstić information content (AvgIpc) is 3.16. The van der Waals surface area contributed by atoms with Crippen molar-refractivity contribution < 1.29 is 26.0 Å².